The van der Waals surface area contributed by atoms with Crippen LogP contribution in [0.5, 0.6) is 0 Å². The van der Waals surface area contributed by atoms with Crippen molar-refractivity contribution < 1.29 is 9.59 Å². The first-order valence-corrected chi connectivity index (χ1v) is 12.0. The summed E-state index contributed by atoms with van der Waals surface area (Å²) < 4.78 is 3.65. The van der Waals surface area contributed by atoms with Gasteiger partial charge in [-0.2, -0.15) is 0 Å². The van der Waals surface area contributed by atoms with E-state index in [0.29, 0.717) is 16.3 Å². The Labute approximate surface area is 211 Å². The first-order chi connectivity index (χ1) is 17.1. The lowest BCUT2D eigenvalue weighted by Gasteiger charge is -2.14. The standard InChI is InChI=1S/C25H27ClN6O4/c1-5-15(4)27-22(34)16-10-11-17-20(12-16)32-24(31(14(2)3)23(17)35)29-30(25(32)36)13-21(33)28-19-9-7-6-8-18(19)26/h6-12,14-15H,5,13H2,1-4H3,(H,27,34)(H,28,33). The summed E-state index contributed by atoms with van der Waals surface area (Å²) >= 11 is 6.11. The molecule has 11 heteroatoms. The second kappa shape index (κ2) is 9.98. The number of nitrogens with zero attached hydrogens (tertiary/aromatic N) is 4. The Hall–Kier alpha value is -3.92. The SMILES string of the molecule is CCC(C)NC(=O)c1ccc2c(=O)n(C(C)C)c3nn(CC(=O)Nc4ccccc4Cl)c(=O)n3c2c1. The van der Waals surface area contributed by atoms with E-state index in [2.05, 4.69) is 15.7 Å². The van der Waals surface area contributed by atoms with Gasteiger partial charge in [0.2, 0.25) is 11.7 Å². The molecule has 0 spiro atoms. The molecule has 2 aromatic carbocycles. The van der Waals surface area contributed by atoms with E-state index in [9.17, 15) is 19.2 Å². The van der Waals surface area contributed by atoms with E-state index >= 15 is 0 Å². The van der Waals surface area contributed by atoms with Crippen molar-refractivity contribution in [1.82, 2.24) is 24.1 Å². The van der Waals surface area contributed by atoms with Gasteiger partial charge in [0, 0.05) is 17.6 Å². The molecule has 0 radical (unpaired) electrons. The third-order valence-electron chi connectivity index (χ3n) is 5.94. The van der Waals surface area contributed by atoms with Gasteiger partial charge in [0.15, 0.2) is 0 Å². The van der Waals surface area contributed by atoms with Crippen molar-refractivity contribution in [2.24, 2.45) is 0 Å². The van der Waals surface area contributed by atoms with Crippen molar-refractivity contribution in [3.05, 3.63) is 73.9 Å². The monoisotopic (exact) mass is 510 g/mol. The van der Waals surface area contributed by atoms with Crippen molar-refractivity contribution in [2.45, 2.75) is 52.7 Å². The molecule has 4 rings (SSSR count). The highest BCUT2D eigenvalue weighted by atomic mass is 35.5. The molecular formula is C25H27ClN6O4. The van der Waals surface area contributed by atoms with Crippen molar-refractivity contribution in [2.75, 3.05) is 5.32 Å². The lowest BCUT2D eigenvalue weighted by atomic mass is 10.1. The fourth-order valence-electron chi connectivity index (χ4n) is 3.89. The number of rotatable bonds is 7. The smallest absolute Gasteiger partial charge is 0.350 e. The molecule has 0 bridgehead atoms. The molecule has 0 aliphatic rings. The molecule has 0 fully saturated rings. The maximum absolute atomic E-state index is 13.4. The quantitative estimate of drug-likeness (QED) is 0.395. The minimum atomic E-state index is -0.613. The van der Waals surface area contributed by atoms with Gasteiger partial charge in [0.1, 0.15) is 6.54 Å². The van der Waals surface area contributed by atoms with Crippen LogP contribution in [0.15, 0.2) is 52.1 Å². The topological polar surface area (TPSA) is 120 Å². The van der Waals surface area contributed by atoms with Crippen LogP contribution in [0.2, 0.25) is 5.02 Å². The van der Waals surface area contributed by atoms with Gasteiger partial charge in [-0.15, -0.1) is 5.10 Å². The molecule has 36 heavy (non-hydrogen) atoms. The molecule has 2 aromatic heterocycles. The Morgan fingerprint density at radius 3 is 2.47 bits per heavy atom. The lowest BCUT2D eigenvalue weighted by Crippen LogP contribution is -2.32. The van der Waals surface area contributed by atoms with Crippen molar-refractivity contribution in [3.8, 4) is 0 Å². The number of para-hydroxylation sites is 1. The Bertz CT molecular complexity index is 1600. The van der Waals surface area contributed by atoms with Gasteiger partial charge < -0.3 is 10.6 Å². The Balaban J connectivity index is 1.85. The van der Waals surface area contributed by atoms with Crippen LogP contribution in [-0.4, -0.2) is 36.6 Å². The van der Waals surface area contributed by atoms with Crippen molar-refractivity contribution in [3.63, 3.8) is 0 Å². The van der Waals surface area contributed by atoms with Gasteiger partial charge in [-0.3, -0.25) is 19.0 Å². The summed E-state index contributed by atoms with van der Waals surface area (Å²) in [5.74, 6) is -0.741. The molecule has 1 atom stereocenters. The maximum Gasteiger partial charge on any atom is 0.352 e. The molecule has 4 aromatic rings. The molecule has 0 aliphatic heterocycles. The zero-order valence-corrected chi connectivity index (χ0v) is 21.2. The van der Waals surface area contributed by atoms with Crippen LogP contribution in [0.4, 0.5) is 5.69 Å². The number of halogens is 1. The maximum atomic E-state index is 13.4. The number of aromatic nitrogens is 4. The van der Waals surface area contributed by atoms with Crippen molar-refractivity contribution >= 4 is 45.8 Å². The summed E-state index contributed by atoms with van der Waals surface area (Å²) in [6, 6.07) is 11.0. The predicted molar refractivity (Wildman–Crippen MR) is 139 cm³/mol. The number of nitrogens with one attached hydrogen (secondary N) is 2. The fraction of sp³-hybridized carbons (Fsp3) is 0.320. The molecule has 1 unspecified atom stereocenters. The number of fused-ring (bicyclic) bond motifs is 3. The summed E-state index contributed by atoms with van der Waals surface area (Å²) in [6.07, 6.45) is 0.755. The number of anilines is 1. The van der Waals surface area contributed by atoms with Crippen molar-refractivity contribution in [1.29, 1.82) is 0 Å². The highest BCUT2D eigenvalue weighted by Crippen LogP contribution is 2.20. The van der Waals surface area contributed by atoms with Crippen LogP contribution in [-0.2, 0) is 11.3 Å². The number of benzene rings is 2. The van der Waals surface area contributed by atoms with Crippen LogP contribution < -0.4 is 21.9 Å². The first-order valence-electron chi connectivity index (χ1n) is 11.7. The van der Waals surface area contributed by atoms with E-state index in [4.69, 9.17) is 11.6 Å². The van der Waals surface area contributed by atoms with Gasteiger partial charge in [0.05, 0.1) is 21.6 Å². The van der Waals surface area contributed by atoms with E-state index in [1.165, 1.54) is 21.1 Å². The van der Waals surface area contributed by atoms with Gasteiger partial charge >= 0.3 is 5.69 Å². The van der Waals surface area contributed by atoms with Gasteiger partial charge in [0.25, 0.3) is 11.5 Å². The largest absolute Gasteiger partial charge is 0.352 e. The van der Waals surface area contributed by atoms with E-state index in [1.807, 2.05) is 13.8 Å². The molecule has 2 heterocycles. The Morgan fingerprint density at radius 2 is 1.81 bits per heavy atom. The highest BCUT2D eigenvalue weighted by Gasteiger charge is 2.21. The summed E-state index contributed by atoms with van der Waals surface area (Å²) in [7, 11) is 0. The zero-order valence-electron chi connectivity index (χ0n) is 20.4. The van der Waals surface area contributed by atoms with Crippen LogP contribution >= 0.6 is 11.6 Å². The number of hydrogen-bond acceptors (Lipinski definition) is 5. The fourth-order valence-corrected chi connectivity index (χ4v) is 4.07. The van der Waals surface area contributed by atoms with E-state index in [-0.39, 0.29) is 40.2 Å². The summed E-state index contributed by atoms with van der Waals surface area (Å²) in [5.41, 5.74) is -0.00639. The van der Waals surface area contributed by atoms with Gasteiger partial charge in [-0.05, 0) is 57.5 Å². The van der Waals surface area contributed by atoms with E-state index in [0.717, 1.165) is 11.1 Å². The highest BCUT2D eigenvalue weighted by molar-refractivity contribution is 6.33. The minimum absolute atomic E-state index is 0.0377. The van der Waals surface area contributed by atoms with E-state index in [1.54, 1.807) is 44.2 Å². The number of amides is 2. The van der Waals surface area contributed by atoms with Crippen LogP contribution in [0.3, 0.4) is 0 Å². The normalized spacial score (nSPS) is 12.3. The van der Waals surface area contributed by atoms with Crippen LogP contribution in [0, 0.1) is 0 Å². The van der Waals surface area contributed by atoms with Gasteiger partial charge in [-0.1, -0.05) is 30.7 Å². The van der Waals surface area contributed by atoms with Gasteiger partial charge in [-0.25, -0.2) is 13.9 Å². The third kappa shape index (κ3) is 4.64. The molecule has 10 nitrogen and oxygen atoms in total. The summed E-state index contributed by atoms with van der Waals surface area (Å²) in [6.45, 7) is 7.05. The first kappa shape index (κ1) is 25.2. The predicted octanol–water partition coefficient (Wildman–Crippen LogP) is 3.21. The molecule has 188 valence electrons. The number of carbonyl (C=O) groups excluding carboxylic acids is 2. The summed E-state index contributed by atoms with van der Waals surface area (Å²) in [4.78, 5) is 52.2. The average Bonchev–Trinajstić information content (AvgIpc) is 3.15. The zero-order chi connectivity index (χ0) is 26.1. The Kier molecular flexibility index (Phi) is 6.98. The van der Waals surface area contributed by atoms with E-state index < -0.39 is 18.1 Å². The second-order valence-electron chi connectivity index (χ2n) is 8.89. The molecule has 0 aliphatic carbocycles. The Morgan fingerprint density at radius 1 is 1.08 bits per heavy atom. The number of hydrogen-bond donors (Lipinski definition) is 2. The second-order valence-corrected chi connectivity index (χ2v) is 9.29. The molecular weight excluding hydrogens is 484 g/mol. The average molecular weight is 511 g/mol. The lowest BCUT2D eigenvalue weighted by molar-refractivity contribution is -0.117. The third-order valence-corrected chi connectivity index (χ3v) is 6.26. The molecule has 0 saturated heterocycles. The molecule has 2 amide bonds. The molecule has 0 saturated carbocycles. The minimum Gasteiger partial charge on any atom is -0.350 e. The van der Waals surface area contributed by atoms with Crippen LogP contribution in [0.25, 0.3) is 16.7 Å². The molecule has 2 N–H and O–H groups in total. The number of carbonyl (C=O) groups is 2. The van der Waals surface area contributed by atoms with Crippen LogP contribution in [0.1, 0.15) is 50.5 Å². The summed E-state index contributed by atoms with van der Waals surface area (Å²) in [5, 5.41) is 10.5.